The summed E-state index contributed by atoms with van der Waals surface area (Å²) in [5.41, 5.74) is -0.556. The molecule has 94 valence electrons. The quantitative estimate of drug-likeness (QED) is 0.839. The zero-order valence-electron chi connectivity index (χ0n) is 10.3. The summed E-state index contributed by atoms with van der Waals surface area (Å²) >= 11 is 0. The number of imidazole rings is 1. The van der Waals surface area contributed by atoms with Crippen molar-refractivity contribution < 1.29 is 5.11 Å². The normalized spacial score (nSPS) is 34.5. The van der Waals surface area contributed by atoms with Crippen molar-refractivity contribution in [3.8, 4) is 0 Å². The van der Waals surface area contributed by atoms with Crippen LogP contribution in [0.5, 0.6) is 0 Å². The Kier molecular flexibility index (Phi) is 2.92. The molecule has 3 rings (SSSR count). The topological polar surface area (TPSA) is 41.3 Å². The number of aliphatic hydroxyl groups is 1. The van der Waals surface area contributed by atoms with Crippen molar-refractivity contribution in [1.29, 1.82) is 0 Å². The van der Waals surface area contributed by atoms with Gasteiger partial charge < -0.3 is 9.67 Å². The summed E-state index contributed by atoms with van der Waals surface area (Å²) < 4.78 is 2.01. The summed E-state index contributed by atoms with van der Waals surface area (Å²) in [5.74, 6) is 0. The monoisotopic (exact) mass is 235 g/mol. The molecule has 2 atom stereocenters. The highest BCUT2D eigenvalue weighted by atomic mass is 16.3. The molecule has 1 N–H and O–H groups in total. The molecule has 0 bridgehead atoms. The molecule has 0 saturated carbocycles. The summed E-state index contributed by atoms with van der Waals surface area (Å²) in [6.07, 6.45) is 11.3. The van der Waals surface area contributed by atoms with Crippen LogP contribution in [0.1, 0.15) is 32.1 Å². The predicted octanol–water partition coefficient (Wildman–Crippen LogP) is 1.26. The standard InChI is InChI=1S/C13H21N3O/c17-13(10-15-9-6-14-11-15)5-3-8-16-7-2-1-4-12(13)16/h6,9,11-12,17H,1-5,7-8,10H2/t12-,13-/m1/s1. The first-order valence-electron chi connectivity index (χ1n) is 6.70. The van der Waals surface area contributed by atoms with E-state index in [-0.39, 0.29) is 0 Å². The molecular weight excluding hydrogens is 214 g/mol. The second-order valence-electron chi connectivity index (χ2n) is 5.49. The minimum Gasteiger partial charge on any atom is -0.386 e. The van der Waals surface area contributed by atoms with Crippen molar-refractivity contribution in [3.63, 3.8) is 0 Å². The Morgan fingerprint density at radius 1 is 1.29 bits per heavy atom. The number of aromatic nitrogens is 2. The maximum atomic E-state index is 10.9. The second-order valence-corrected chi connectivity index (χ2v) is 5.49. The first kappa shape index (κ1) is 11.2. The average Bonchev–Trinajstić information content (AvgIpc) is 2.82. The number of fused-ring (bicyclic) bond motifs is 1. The number of hydrogen-bond acceptors (Lipinski definition) is 3. The van der Waals surface area contributed by atoms with Crippen LogP contribution < -0.4 is 0 Å². The number of rotatable bonds is 2. The Bertz CT molecular complexity index is 363. The van der Waals surface area contributed by atoms with Crippen molar-refractivity contribution in [1.82, 2.24) is 14.5 Å². The van der Waals surface area contributed by atoms with Crippen molar-refractivity contribution >= 4 is 0 Å². The van der Waals surface area contributed by atoms with Crippen LogP contribution >= 0.6 is 0 Å². The van der Waals surface area contributed by atoms with Crippen LogP contribution in [0.4, 0.5) is 0 Å². The summed E-state index contributed by atoms with van der Waals surface area (Å²) in [6.45, 7) is 3.02. The smallest absolute Gasteiger partial charge is 0.0980 e. The van der Waals surface area contributed by atoms with Gasteiger partial charge in [-0.15, -0.1) is 0 Å². The van der Waals surface area contributed by atoms with Crippen LogP contribution in [0.2, 0.25) is 0 Å². The average molecular weight is 235 g/mol. The Morgan fingerprint density at radius 3 is 3.00 bits per heavy atom. The summed E-state index contributed by atoms with van der Waals surface area (Å²) in [5, 5.41) is 10.9. The van der Waals surface area contributed by atoms with E-state index < -0.39 is 5.60 Å². The van der Waals surface area contributed by atoms with Crippen LogP contribution in [0.3, 0.4) is 0 Å². The Balaban J connectivity index is 1.78. The molecule has 0 spiro atoms. The molecule has 4 heteroatoms. The molecule has 0 amide bonds. The lowest BCUT2D eigenvalue weighted by Crippen LogP contribution is -2.60. The van der Waals surface area contributed by atoms with Gasteiger partial charge in [-0.05, 0) is 38.8 Å². The van der Waals surface area contributed by atoms with E-state index in [4.69, 9.17) is 0 Å². The molecule has 0 unspecified atom stereocenters. The van der Waals surface area contributed by atoms with E-state index in [9.17, 15) is 5.11 Å². The number of nitrogens with zero attached hydrogens (tertiary/aromatic N) is 3. The largest absolute Gasteiger partial charge is 0.386 e. The Labute approximate surface area is 102 Å². The number of piperidine rings is 2. The van der Waals surface area contributed by atoms with Gasteiger partial charge in [0.25, 0.3) is 0 Å². The third kappa shape index (κ3) is 2.11. The lowest BCUT2D eigenvalue weighted by Gasteiger charge is -2.49. The van der Waals surface area contributed by atoms with E-state index in [1.54, 1.807) is 12.5 Å². The highest BCUT2D eigenvalue weighted by Crippen LogP contribution is 2.35. The van der Waals surface area contributed by atoms with E-state index in [0.717, 1.165) is 32.4 Å². The number of hydrogen-bond donors (Lipinski definition) is 1. The van der Waals surface area contributed by atoms with Gasteiger partial charge in [-0.25, -0.2) is 4.98 Å². The minimum atomic E-state index is -0.556. The van der Waals surface area contributed by atoms with Gasteiger partial charge in [-0.3, -0.25) is 4.90 Å². The zero-order valence-corrected chi connectivity index (χ0v) is 10.3. The van der Waals surface area contributed by atoms with Crippen LogP contribution in [-0.4, -0.2) is 44.3 Å². The van der Waals surface area contributed by atoms with E-state index in [1.165, 1.54) is 12.8 Å². The molecule has 0 aromatic carbocycles. The predicted molar refractivity (Wildman–Crippen MR) is 65.6 cm³/mol. The molecule has 2 fully saturated rings. The third-order valence-electron chi connectivity index (χ3n) is 4.30. The zero-order chi connectivity index (χ0) is 11.7. The fourth-order valence-electron chi connectivity index (χ4n) is 3.50. The molecule has 17 heavy (non-hydrogen) atoms. The van der Waals surface area contributed by atoms with Gasteiger partial charge in [-0.1, -0.05) is 6.42 Å². The van der Waals surface area contributed by atoms with E-state index in [2.05, 4.69) is 9.88 Å². The Morgan fingerprint density at radius 2 is 2.18 bits per heavy atom. The summed E-state index contributed by atoms with van der Waals surface area (Å²) in [6, 6.07) is 0.354. The van der Waals surface area contributed by atoms with Gasteiger partial charge >= 0.3 is 0 Å². The van der Waals surface area contributed by atoms with Crippen molar-refractivity contribution in [2.45, 2.75) is 50.3 Å². The molecule has 0 aliphatic carbocycles. The van der Waals surface area contributed by atoms with Crippen LogP contribution in [0.15, 0.2) is 18.7 Å². The lowest BCUT2D eigenvalue weighted by atomic mass is 9.79. The van der Waals surface area contributed by atoms with Gasteiger partial charge in [0, 0.05) is 18.4 Å². The van der Waals surface area contributed by atoms with E-state index in [0.29, 0.717) is 12.6 Å². The fraction of sp³-hybridized carbons (Fsp3) is 0.769. The third-order valence-corrected chi connectivity index (χ3v) is 4.30. The second kappa shape index (κ2) is 4.42. The van der Waals surface area contributed by atoms with Crippen LogP contribution in [-0.2, 0) is 6.54 Å². The molecule has 4 nitrogen and oxygen atoms in total. The van der Waals surface area contributed by atoms with Crippen molar-refractivity contribution in [2.24, 2.45) is 0 Å². The van der Waals surface area contributed by atoms with E-state index >= 15 is 0 Å². The van der Waals surface area contributed by atoms with Gasteiger partial charge in [0.05, 0.1) is 18.5 Å². The summed E-state index contributed by atoms with van der Waals surface area (Å²) in [4.78, 5) is 6.55. The van der Waals surface area contributed by atoms with E-state index in [1.807, 2.05) is 10.8 Å². The molecule has 2 aliphatic rings. The highest BCUT2D eigenvalue weighted by molar-refractivity contribution is 4.99. The van der Waals surface area contributed by atoms with Crippen molar-refractivity contribution in [2.75, 3.05) is 13.1 Å². The van der Waals surface area contributed by atoms with Crippen LogP contribution in [0.25, 0.3) is 0 Å². The lowest BCUT2D eigenvalue weighted by molar-refractivity contribution is -0.103. The van der Waals surface area contributed by atoms with Gasteiger partial charge in [0.1, 0.15) is 0 Å². The van der Waals surface area contributed by atoms with Gasteiger partial charge in [-0.2, -0.15) is 0 Å². The van der Waals surface area contributed by atoms with Gasteiger partial charge in [0.15, 0.2) is 0 Å². The fourth-order valence-corrected chi connectivity index (χ4v) is 3.50. The molecule has 3 heterocycles. The molecule has 2 aliphatic heterocycles. The molecule has 0 radical (unpaired) electrons. The van der Waals surface area contributed by atoms with Gasteiger partial charge in [0.2, 0.25) is 0 Å². The molecular formula is C13H21N3O. The first-order chi connectivity index (χ1) is 8.28. The highest BCUT2D eigenvalue weighted by Gasteiger charge is 2.43. The minimum absolute atomic E-state index is 0.354. The van der Waals surface area contributed by atoms with Crippen molar-refractivity contribution in [3.05, 3.63) is 18.7 Å². The SMILES string of the molecule is O[C@@]1(Cn2ccnc2)CCCN2CCCC[C@@H]21. The maximum Gasteiger partial charge on any atom is 0.0980 e. The first-order valence-corrected chi connectivity index (χ1v) is 6.70. The molecule has 1 aromatic heterocycles. The molecule has 1 aromatic rings. The summed E-state index contributed by atoms with van der Waals surface area (Å²) in [7, 11) is 0. The molecule has 2 saturated heterocycles. The maximum absolute atomic E-state index is 10.9. The van der Waals surface area contributed by atoms with Crippen LogP contribution in [0, 0.1) is 0 Å². The Hall–Kier alpha value is -0.870.